The van der Waals surface area contributed by atoms with E-state index in [0.717, 1.165) is 37.0 Å². The van der Waals surface area contributed by atoms with Gasteiger partial charge in [0.2, 0.25) is 0 Å². The number of rotatable bonds is 2. The SMILES string of the molecule is CC(=O)OC1CCCCC2ON=C(c3ccc(Cl)cc3)C21. The Hall–Kier alpha value is -1.55. The summed E-state index contributed by atoms with van der Waals surface area (Å²) in [6, 6.07) is 7.54. The lowest BCUT2D eigenvalue weighted by Crippen LogP contribution is -2.36. The van der Waals surface area contributed by atoms with E-state index >= 15 is 0 Å². The van der Waals surface area contributed by atoms with Gasteiger partial charge in [-0.15, -0.1) is 0 Å². The number of benzene rings is 1. The molecule has 0 N–H and O–H groups in total. The number of fused-ring (bicyclic) bond motifs is 1. The van der Waals surface area contributed by atoms with Gasteiger partial charge in [0.05, 0.1) is 11.6 Å². The number of hydrogen-bond donors (Lipinski definition) is 0. The van der Waals surface area contributed by atoms with Crippen LogP contribution < -0.4 is 0 Å². The van der Waals surface area contributed by atoms with Crippen LogP contribution in [0.5, 0.6) is 0 Å². The summed E-state index contributed by atoms with van der Waals surface area (Å²) < 4.78 is 5.53. The van der Waals surface area contributed by atoms with E-state index < -0.39 is 0 Å². The lowest BCUT2D eigenvalue weighted by molar-refractivity contribution is -0.149. The van der Waals surface area contributed by atoms with Crippen molar-refractivity contribution >= 4 is 23.3 Å². The van der Waals surface area contributed by atoms with Crippen LogP contribution in [0.25, 0.3) is 0 Å². The van der Waals surface area contributed by atoms with Crippen LogP contribution in [0.3, 0.4) is 0 Å². The van der Waals surface area contributed by atoms with Crippen LogP contribution in [-0.4, -0.2) is 23.9 Å². The summed E-state index contributed by atoms with van der Waals surface area (Å²) in [5, 5.41) is 4.95. The quantitative estimate of drug-likeness (QED) is 0.785. The Balaban J connectivity index is 1.90. The van der Waals surface area contributed by atoms with Crippen molar-refractivity contribution in [2.24, 2.45) is 11.1 Å². The lowest BCUT2D eigenvalue weighted by Gasteiger charge is -2.24. The van der Waals surface area contributed by atoms with Gasteiger partial charge in [-0.1, -0.05) is 28.9 Å². The molecule has 3 rings (SSSR count). The molecule has 0 radical (unpaired) electrons. The minimum atomic E-state index is -0.247. The van der Waals surface area contributed by atoms with E-state index in [0.29, 0.717) is 5.02 Å². The monoisotopic (exact) mass is 307 g/mol. The fourth-order valence-electron chi connectivity index (χ4n) is 3.16. The topological polar surface area (TPSA) is 47.9 Å². The molecule has 2 aliphatic rings. The summed E-state index contributed by atoms with van der Waals surface area (Å²) >= 11 is 5.94. The zero-order valence-corrected chi connectivity index (χ0v) is 12.7. The highest BCUT2D eigenvalue weighted by molar-refractivity contribution is 6.30. The molecule has 3 atom stereocenters. The van der Waals surface area contributed by atoms with Crippen LogP contribution >= 0.6 is 11.6 Å². The molecule has 0 spiro atoms. The Bertz CT molecular complexity index is 555. The van der Waals surface area contributed by atoms with E-state index in [-0.39, 0.29) is 24.1 Å². The van der Waals surface area contributed by atoms with Crippen LogP contribution in [0.1, 0.15) is 38.2 Å². The largest absolute Gasteiger partial charge is 0.462 e. The standard InChI is InChI=1S/C16H18ClNO3/c1-10(19)20-13-4-2-3-5-14-15(13)16(18-21-14)11-6-8-12(17)9-7-11/h6-9,13-15H,2-5H2,1H3. The lowest BCUT2D eigenvalue weighted by atomic mass is 9.86. The highest BCUT2D eigenvalue weighted by atomic mass is 35.5. The van der Waals surface area contributed by atoms with Gasteiger partial charge in [-0.05, 0) is 43.4 Å². The van der Waals surface area contributed by atoms with Crippen molar-refractivity contribution in [3.63, 3.8) is 0 Å². The van der Waals surface area contributed by atoms with E-state index in [1.807, 2.05) is 24.3 Å². The maximum absolute atomic E-state index is 11.4. The van der Waals surface area contributed by atoms with Gasteiger partial charge >= 0.3 is 5.97 Å². The van der Waals surface area contributed by atoms with Crippen LogP contribution in [0.4, 0.5) is 0 Å². The number of ether oxygens (including phenoxy) is 1. The van der Waals surface area contributed by atoms with Crippen LogP contribution in [-0.2, 0) is 14.4 Å². The maximum atomic E-state index is 11.4. The number of carbonyl (C=O) groups excluding carboxylic acids is 1. The second-order valence-corrected chi connectivity index (χ2v) is 6.02. The predicted octanol–water partition coefficient (Wildman–Crippen LogP) is 3.56. The molecular formula is C16H18ClNO3. The highest BCUT2D eigenvalue weighted by Crippen LogP contribution is 2.35. The van der Waals surface area contributed by atoms with E-state index in [1.54, 1.807) is 0 Å². The third-order valence-corrected chi connectivity index (χ3v) is 4.34. The van der Waals surface area contributed by atoms with Gasteiger partial charge in [-0.3, -0.25) is 4.79 Å². The van der Waals surface area contributed by atoms with Crippen LogP contribution in [0.15, 0.2) is 29.4 Å². The highest BCUT2D eigenvalue weighted by Gasteiger charge is 2.43. The van der Waals surface area contributed by atoms with E-state index in [1.165, 1.54) is 6.92 Å². The van der Waals surface area contributed by atoms with Crippen molar-refractivity contribution in [1.82, 2.24) is 0 Å². The van der Waals surface area contributed by atoms with Crippen molar-refractivity contribution < 1.29 is 14.4 Å². The van der Waals surface area contributed by atoms with Crippen molar-refractivity contribution in [3.8, 4) is 0 Å². The zero-order valence-electron chi connectivity index (χ0n) is 11.9. The molecule has 0 bridgehead atoms. The van der Waals surface area contributed by atoms with Gasteiger partial charge in [0.1, 0.15) is 12.2 Å². The van der Waals surface area contributed by atoms with Gasteiger partial charge in [0, 0.05) is 11.9 Å². The molecule has 1 heterocycles. The smallest absolute Gasteiger partial charge is 0.302 e. The predicted molar refractivity (Wildman–Crippen MR) is 80.4 cm³/mol. The van der Waals surface area contributed by atoms with Gasteiger partial charge in [-0.2, -0.15) is 0 Å². The van der Waals surface area contributed by atoms with Gasteiger partial charge in [0.15, 0.2) is 0 Å². The minimum Gasteiger partial charge on any atom is -0.462 e. The molecule has 112 valence electrons. The molecule has 1 fully saturated rings. The number of carbonyl (C=O) groups is 1. The molecule has 1 aliphatic carbocycles. The first-order chi connectivity index (χ1) is 10.1. The second-order valence-electron chi connectivity index (χ2n) is 5.59. The molecule has 21 heavy (non-hydrogen) atoms. The first-order valence-corrected chi connectivity index (χ1v) is 7.70. The summed E-state index contributed by atoms with van der Waals surface area (Å²) in [5.74, 6) is -0.236. The van der Waals surface area contributed by atoms with Gasteiger partial charge in [0.25, 0.3) is 0 Å². The number of oxime groups is 1. The van der Waals surface area contributed by atoms with Gasteiger partial charge in [-0.25, -0.2) is 0 Å². The molecule has 0 amide bonds. The van der Waals surface area contributed by atoms with Crippen LogP contribution in [0, 0.1) is 5.92 Å². The first-order valence-electron chi connectivity index (χ1n) is 7.32. The van der Waals surface area contributed by atoms with Crippen LogP contribution in [0.2, 0.25) is 5.02 Å². The minimum absolute atomic E-state index is 0.00234. The Morgan fingerprint density at radius 3 is 2.71 bits per heavy atom. The van der Waals surface area contributed by atoms with E-state index in [2.05, 4.69) is 5.16 Å². The maximum Gasteiger partial charge on any atom is 0.302 e. The molecule has 4 nitrogen and oxygen atoms in total. The van der Waals surface area contributed by atoms with E-state index in [4.69, 9.17) is 21.2 Å². The van der Waals surface area contributed by atoms with E-state index in [9.17, 15) is 4.79 Å². The molecule has 1 aliphatic heterocycles. The van der Waals surface area contributed by atoms with Crippen molar-refractivity contribution in [2.75, 3.05) is 0 Å². The molecule has 0 aromatic heterocycles. The summed E-state index contributed by atoms with van der Waals surface area (Å²) in [6.07, 6.45) is 3.76. The number of hydrogen-bond acceptors (Lipinski definition) is 4. The zero-order chi connectivity index (χ0) is 14.8. The molecule has 0 saturated heterocycles. The molecule has 1 aromatic rings. The van der Waals surface area contributed by atoms with Gasteiger partial charge < -0.3 is 9.57 Å². The molecule has 5 heteroatoms. The average molecular weight is 308 g/mol. The Kier molecular flexibility index (Phi) is 4.15. The molecule has 1 saturated carbocycles. The summed E-state index contributed by atoms with van der Waals surface area (Å²) in [6.45, 7) is 1.45. The number of nitrogens with zero attached hydrogens (tertiary/aromatic N) is 1. The third kappa shape index (κ3) is 3.05. The average Bonchev–Trinajstić information content (AvgIpc) is 2.77. The Morgan fingerprint density at radius 1 is 1.29 bits per heavy atom. The third-order valence-electron chi connectivity index (χ3n) is 4.09. The van der Waals surface area contributed by atoms with Crippen molar-refractivity contribution in [1.29, 1.82) is 0 Å². The summed E-state index contributed by atoms with van der Waals surface area (Å²) in [7, 11) is 0. The fourth-order valence-corrected chi connectivity index (χ4v) is 3.28. The number of halogens is 1. The van der Waals surface area contributed by atoms with Crippen molar-refractivity contribution in [3.05, 3.63) is 34.9 Å². The van der Waals surface area contributed by atoms with Crippen molar-refractivity contribution in [2.45, 2.75) is 44.8 Å². The fraction of sp³-hybridized carbons (Fsp3) is 0.500. The second kappa shape index (κ2) is 6.06. The summed E-state index contributed by atoms with van der Waals surface area (Å²) in [5.41, 5.74) is 1.84. The molecule has 1 aromatic carbocycles. The summed E-state index contributed by atoms with van der Waals surface area (Å²) in [4.78, 5) is 17.0. The number of esters is 1. The first kappa shape index (κ1) is 14.4. The Morgan fingerprint density at radius 2 is 2.00 bits per heavy atom. The Labute approximate surface area is 129 Å². The normalized spacial score (nSPS) is 28.1. The molecular weight excluding hydrogens is 290 g/mol. The molecule has 3 unspecified atom stereocenters.